The fourth-order valence-electron chi connectivity index (χ4n) is 5.27. The topological polar surface area (TPSA) is 108 Å². The maximum atomic E-state index is 13.1. The summed E-state index contributed by atoms with van der Waals surface area (Å²) in [5, 5.41) is 29.6. The Morgan fingerprint density at radius 1 is 1.08 bits per heavy atom. The van der Waals surface area contributed by atoms with Gasteiger partial charge < -0.3 is 24.8 Å². The molecule has 1 fully saturated rings. The van der Waals surface area contributed by atoms with E-state index in [1.165, 1.54) is 6.08 Å². The van der Waals surface area contributed by atoms with Crippen molar-refractivity contribution >= 4 is 11.5 Å². The van der Waals surface area contributed by atoms with E-state index >= 15 is 0 Å². The molecule has 8 nitrogen and oxygen atoms in total. The normalized spacial score (nSPS) is 21.8. The smallest absolute Gasteiger partial charge is 0.274 e. The molecular formula is C31H35N3O5. The van der Waals surface area contributed by atoms with E-state index in [1.807, 2.05) is 74.5 Å². The standard InChI is InChI=1S/C31H35N3O5/c1-3-31(37)19-26(35)24(22-8-6-5-7-9-22)18-25(31)29-27(28(33-39-29)30(36)32-4-2)23-12-10-21(11-13-23)20-34-14-16-38-17-15-34/h5-13,18-19,25,35,37H,3-4,14-17,20H2,1-2H3,(H,32,36). The number of carbonyl (C=O) groups excluding carboxylic acids is 1. The number of ether oxygens (including phenoxy) is 1. The lowest BCUT2D eigenvalue weighted by molar-refractivity contribution is 0.0342. The van der Waals surface area contributed by atoms with Crippen LogP contribution in [0.25, 0.3) is 16.7 Å². The molecule has 1 aliphatic carbocycles. The highest BCUT2D eigenvalue weighted by molar-refractivity contribution is 5.99. The van der Waals surface area contributed by atoms with Crippen LogP contribution in [0.5, 0.6) is 0 Å². The Hall–Kier alpha value is -3.72. The molecule has 0 saturated carbocycles. The number of aliphatic hydroxyl groups excluding tert-OH is 1. The Balaban J connectivity index is 1.58. The molecule has 1 amide bonds. The Morgan fingerprint density at radius 3 is 2.46 bits per heavy atom. The van der Waals surface area contributed by atoms with Crippen LogP contribution in [0.2, 0.25) is 0 Å². The second-order valence-corrected chi connectivity index (χ2v) is 10.0. The number of hydrogen-bond donors (Lipinski definition) is 3. The van der Waals surface area contributed by atoms with Crippen LogP contribution in [0.15, 0.2) is 77.0 Å². The number of carbonyl (C=O) groups is 1. The fraction of sp³-hybridized carbons (Fsp3) is 0.355. The molecule has 3 aromatic rings. The molecule has 2 heterocycles. The van der Waals surface area contributed by atoms with Crippen LogP contribution in [0.4, 0.5) is 0 Å². The number of morpholine rings is 1. The molecule has 1 aliphatic heterocycles. The van der Waals surface area contributed by atoms with Gasteiger partial charge in [0, 0.05) is 31.8 Å². The lowest BCUT2D eigenvalue weighted by atomic mass is 9.75. The number of aromatic nitrogens is 1. The number of aliphatic hydroxyl groups is 2. The minimum atomic E-state index is -1.44. The van der Waals surface area contributed by atoms with Crippen molar-refractivity contribution in [3.63, 3.8) is 0 Å². The number of hydrogen-bond acceptors (Lipinski definition) is 7. The molecular weight excluding hydrogens is 494 g/mol. The van der Waals surface area contributed by atoms with Gasteiger partial charge in [0.25, 0.3) is 5.91 Å². The summed E-state index contributed by atoms with van der Waals surface area (Å²) in [4.78, 5) is 15.4. The molecule has 5 rings (SSSR count). The van der Waals surface area contributed by atoms with Gasteiger partial charge >= 0.3 is 0 Å². The van der Waals surface area contributed by atoms with Crippen LogP contribution >= 0.6 is 0 Å². The molecule has 1 saturated heterocycles. The first kappa shape index (κ1) is 26.9. The Labute approximate surface area is 228 Å². The lowest BCUT2D eigenvalue weighted by Crippen LogP contribution is -2.35. The molecule has 1 aromatic heterocycles. The van der Waals surface area contributed by atoms with Gasteiger partial charge in [-0.1, -0.05) is 72.8 Å². The quantitative estimate of drug-likeness (QED) is 0.389. The van der Waals surface area contributed by atoms with E-state index in [0.29, 0.717) is 29.9 Å². The average molecular weight is 530 g/mol. The van der Waals surface area contributed by atoms with E-state index < -0.39 is 11.5 Å². The number of allylic oxidation sites excluding steroid dienone is 1. The van der Waals surface area contributed by atoms with Gasteiger partial charge in [0.1, 0.15) is 5.76 Å². The van der Waals surface area contributed by atoms with Crippen molar-refractivity contribution < 1.29 is 24.3 Å². The molecule has 2 aromatic carbocycles. The predicted octanol–water partition coefficient (Wildman–Crippen LogP) is 4.69. The number of nitrogens with zero attached hydrogens (tertiary/aromatic N) is 2. The molecule has 39 heavy (non-hydrogen) atoms. The van der Waals surface area contributed by atoms with Crippen LogP contribution in [-0.4, -0.2) is 64.6 Å². The van der Waals surface area contributed by atoms with Crippen molar-refractivity contribution in [1.29, 1.82) is 0 Å². The monoisotopic (exact) mass is 529 g/mol. The summed E-state index contributed by atoms with van der Waals surface area (Å²) >= 11 is 0. The van der Waals surface area contributed by atoms with Crippen LogP contribution in [0, 0.1) is 0 Å². The average Bonchev–Trinajstić information content (AvgIpc) is 3.39. The molecule has 2 unspecified atom stereocenters. The molecule has 8 heteroatoms. The van der Waals surface area contributed by atoms with Gasteiger partial charge in [-0.25, -0.2) is 0 Å². The summed E-state index contributed by atoms with van der Waals surface area (Å²) in [5.74, 6) is -0.660. The molecule has 2 atom stereocenters. The summed E-state index contributed by atoms with van der Waals surface area (Å²) in [7, 11) is 0. The van der Waals surface area contributed by atoms with Crippen molar-refractivity contribution in [1.82, 2.24) is 15.4 Å². The van der Waals surface area contributed by atoms with E-state index in [1.54, 1.807) is 0 Å². The zero-order chi connectivity index (χ0) is 27.4. The molecule has 2 aliphatic rings. The van der Waals surface area contributed by atoms with Crippen molar-refractivity contribution in [2.75, 3.05) is 32.8 Å². The van der Waals surface area contributed by atoms with Crippen molar-refractivity contribution in [2.24, 2.45) is 0 Å². The fourth-order valence-corrected chi connectivity index (χ4v) is 5.27. The largest absolute Gasteiger partial charge is 0.508 e. The van der Waals surface area contributed by atoms with Gasteiger partial charge in [0.15, 0.2) is 11.5 Å². The summed E-state index contributed by atoms with van der Waals surface area (Å²) in [5.41, 5.74) is 2.58. The molecule has 204 valence electrons. The lowest BCUT2D eigenvalue weighted by Gasteiger charge is -2.34. The minimum Gasteiger partial charge on any atom is -0.508 e. The maximum Gasteiger partial charge on any atom is 0.274 e. The first-order chi connectivity index (χ1) is 18.9. The van der Waals surface area contributed by atoms with E-state index in [9.17, 15) is 15.0 Å². The third-order valence-electron chi connectivity index (χ3n) is 7.49. The van der Waals surface area contributed by atoms with Crippen LogP contribution < -0.4 is 5.32 Å². The van der Waals surface area contributed by atoms with E-state index in [4.69, 9.17) is 9.26 Å². The van der Waals surface area contributed by atoms with Gasteiger partial charge in [-0.05, 0) is 36.1 Å². The molecule has 0 spiro atoms. The van der Waals surface area contributed by atoms with E-state index in [2.05, 4.69) is 15.4 Å². The Morgan fingerprint density at radius 2 is 1.79 bits per heavy atom. The Bertz CT molecular complexity index is 1360. The molecule has 0 bridgehead atoms. The van der Waals surface area contributed by atoms with Crippen LogP contribution in [-0.2, 0) is 11.3 Å². The first-order valence-corrected chi connectivity index (χ1v) is 13.5. The third-order valence-corrected chi connectivity index (χ3v) is 7.49. The predicted molar refractivity (Wildman–Crippen MR) is 149 cm³/mol. The summed E-state index contributed by atoms with van der Waals surface area (Å²) in [6.45, 7) is 8.21. The second-order valence-electron chi connectivity index (χ2n) is 10.0. The van der Waals surface area contributed by atoms with Gasteiger partial charge in [-0.2, -0.15) is 0 Å². The van der Waals surface area contributed by atoms with Crippen LogP contribution in [0.3, 0.4) is 0 Å². The Kier molecular flexibility index (Phi) is 7.97. The minimum absolute atomic E-state index is 0.000666. The SMILES string of the molecule is CCNC(=O)c1noc(C2C=C(c3ccccc3)C(O)=CC2(O)CC)c1-c1ccc(CN2CCOCC2)cc1. The highest BCUT2D eigenvalue weighted by Crippen LogP contribution is 2.46. The van der Waals surface area contributed by atoms with Crippen molar-refractivity contribution in [3.8, 4) is 11.1 Å². The summed E-state index contributed by atoms with van der Waals surface area (Å²) in [6.07, 6.45) is 3.60. The van der Waals surface area contributed by atoms with Crippen LogP contribution in [0.1, 0.15) is 53.6 Å². The summed E-state index contributed by atoms with van der Waals surface area (Å²) in [6, 6.07) is 17.5. The van der Waals surface area contributed by atoms with Crippen molar-refractivity contribution in [3.05, 3.63) is 95.1 Å². The third kappa shape index (κ3) is 5.54. The highest BCUT2D eigenvalue weighted by atomic mass is 16.5. The second kappa shape index (κ2) is 11.6. The highest BCUT2D eigenvalue weighted by Gasteiger charge is 2.42. The zero-order valence-corrected chi connectivity index (χ0v) is 22.4. The maximum absolute atomic E-state index is 13.1. The van der Waals surface area contributed by atoms with Gasteiger partial charge in [-0.15, -0.1) is 0 Å². The van der Waals surface area contributed by atoms with Gasteiger partial charge in [0.05, 0.1) is 30.3 Å². The molecule has 0 radical (unpaired) electrons. The summed E-state index contributed by atoms with van der Waals surface area (Å²) < 4.78 is 11.3. The van der Waals surface area contributed by atoms with Crippen molar-refractivity contribution in [2.45, 2.75) is 38.3 Å². The van der Waals surface area contributed by atoms with E-state index in [-0.39, 0.29) is 17.4 Å². The number of benzene rings is 2. The number of rotatable bonds is 8. The zero-order valence-electron chi connectivity index (χ0n) is 22.4. The first-order valence-electron chi connectivity index (χ1n) is 13.5. The number of amides is 1. The van der Waals surface area contributed by atoms with E-state index in [0.717, 1.165) is 49.5 Å². The van der Waals surface area contributed by atoms with Gasteiger partial charge in [0.2, 0.25) is 0 Å². The molecule has 3 N–H and O–H groups in total. The number of nitrogens with one attached hydrogen (secondary N) is 1. The van der Waals surface area contributed by atoms with Gasteiger partial charge in [-0.3, -0.25) is 9.69 Å².